The van der Waals surface area contributed by atoms with E-state index >= 15 is 0 Å². The van der Waals surface area contributed by atoms with Crippen LogP contribution in [0.2, 0.25) is 5.15 Å². The smallest absolute Gasteiger partial charge is 0.229 e. The molecule has 5 nitrogen and oxygen atoms in total. The number of aromatic nitrogens is 2. The second kappa shape index (κ2) is 8.09. The van der Waals surface area contributed by atoms with Crippen LogP contribution in [-0.4, -0.2) is 9.97 Å². The molecule has 0 saturated carbocycles. The molecule has 0 unspecified atom stereocenters. The summed E-state index contributed by atoms with van der Waals surface area (Å²) in [5.41, 5.74) is 3.99. The molecular formula is C20H14ClN5S. The average molecular weight is 392 g/mol. The Hall–Kier alpha value is -3.06. The minimum atomic E-state index is 0.330. The molecule has 2 aromatic carbocycles. The van der Waals surface area contributed by atoms with Gasteiger partial charge in [0.15, 0.2) is 5.69 Å². The van der Waals surface area contributed by atoms with Crippen molar-refractivity contribution in [2.45, 2.75) is 23.8 Å². The zero-order chi connectivity index (χ0) is 19.4. The van der Waals surface area contributed by atoms with Crippen LogP contribution in [0.1, 0.15) is 16.7 Å². The second-order valence-electron chi connectivity index (χ2n) is 5.79. The van der Waals surface area contributed by atoms with Crippen molar-refractivity contribution in [1.82, 2.24) is 9.97 Å². The molecule has 27 heavy (non-hydrogen) atoms. The monoisotopic (exact) mass is 391 g/mol. The van der Waals surface area contributed by atoms with E-state index < -0.39 is 0 Å². The standard InChI is InChI=1S/C20H14ClN5S/c1-12-8-14(11-22)9-13(2)19(12)27-18-10-17(21)25-20(26-18)24-16-6-4-15(23-3)5-7-16/h4-10H,1-2H3,(H,24,25,26). The van der Waals surface area contributed by atoms with Crippen molar-refractivity contribution in [2.75, 3.05) is 5.32 Å². The van der Waals surface area contributed by atoms with Crippen molar-refractivity contribution in [3.05, 3.63) is 75.7 Å². The van der Waals surface area contributed by atoms with Crippen LogP contribution >= 0.6 is 23.4 Å². The largest absolute Gasteiger partial charge is 0.324 e. The first-order valence-corrected chi connectivity index (χ1v) is 9.16. The van der Waals surface area contributed by atoms with E-state index in [1.165, 1.54) is 11.8 Å². The molecule has 0 aliphatic rings. The van der Waals surface area contributed by atoms with Crippen LogP contribution in [0.4, 0.5) is 17.3 Å². The van der Waals surface area contributed by atoms with Crippen molar-refractivity contribution >= 4 is 40.7 Å². The van der Waals surface area contributed by atoms with E-state index in [4.69, 9.17) is 23.4 Å². The number of hydrogen-bond donors (Lipinski definition) is 1. The molecule has 0 aliphatic heterocycles. The Labute approximate surface area is 166 Å². The fourth-order valence-electron chi connectivity index (χ4n) is 2.53. The zero-order valence-electron chi connectivity index (χ0n) is 14.6. The van der Waals surface area contributed by atoms with Gasteiger partial charge in [-0.1, -0.05) is 35.5 Å². The first-order chi connectivity index (χ1) is 13.0. The number of halogens is 1. The van der Waals surface area contributed by atoms with Gasteiger partial charge < -0.3 is 5.32 Å². The van der Waals surface area contributed by atoms with Gasteiger partial charge in [0, 0.05) is 16.6 Å². The minimum absolute atomic E-state index is 0.330. The molecule has 1 aromatic heterocycles. The molecule has 3 rings (SSSR count). The highest BCUT2D eigenvalue weighted by Gasteiger charge is 2.11. The summed E-state index contributed by atoms with van der Waals surface area (Å²) >= 11 is 7.65. The Morgan fingerprint density at radius 1 is 1.11 bits per heavy atom. The minimum Gasteiger partial charge on any atom is -0.324 e. The SMILES string of the molecule is [C-]#[N+]c1ccc(Nc2nc(Cl)cc(Sc3c(C)cc(C#N)cc3C)n2)cc1. The van der Waals surface area contributed by atoms with Crippen LogP contribution in [0.3, 0.4) is 0 Å². The maximum atomic E-state index is 9.09. The maximum absolute atomic E-state index is 9.09. The van der Waals surface area contributed by atoms with Crippen molar-refractivity contribution in [3.63, 3.8) is 0 Å². The molecule has 1 N–H and O–H groups in total. The summed E-state index contributed by atoms with van der Waals surface area (Å²) in [5, 5.41) is 13.2. The van der Waals surface area contributed by atoms with Gasteiger partial charge in [-0.25, -0.2) is 14.8 Å². The zero-order valence-corrected chi connectivity index (χ0v) is 16.2. The van der Waals surface area contributed by atoms with Crippen molar-refractivity contribution in [2.24, 2.45) is 0 Å². The van der Waals surface area contributed by atoms with Crippen LogP contribution < -0.4 is 5.32 Å². The van der Waals surface area contributed by atoms with Gasteiger partial charge in [-0.05, 0) is 49.2 Å². The van der Waals surface area contributed by atoms with E-state index in [1.54, 1.807) is 30.3 Å². The summed E-state index contributed by atoms with van der Waals surface area (Å²) in [5.74, 6) is 0.379. The molecule has 0 aliphatic carbocycles. The number of anilines is 2. The van der Waals surface area contributed by atoms with E-state index in [0.717, 1.165) is 21.7 Å². The highest BCUT2D eigenvalue weighted by Crippen LogP contribution is 2.34. The Morgan fingerprint density at radius 2 is 1.78 bits per heavy atom. The predicted molar refractivity (Wildman–Crippen MR) is 108 cm³/mol. The molecule has 0 spiro atoms. The van der Waals surface area contributed by atoms with Gasteiger partial charge in [-0.2, -0.15) is 5.26 Å². The highest BCUT2D eigenvalue weighted by atomic mass is 35.5. The van der Waals surface area contributed by atoms with Crippen molar-refractivity contribution in [1.29, 1.82) is 5.26 Å². The number of rotatable bonds is 4. The maximum Gasteiger partial charge on any atom is 0.229 e. The lowest BCUT2D eigenvalue weighted by atomic mass is 10.1. The number of nitrogens with one attached hydrogen (secondary N) is 1. The lowest BCUT2D eigenvalue weighted by molar-refractivity contribution is 1.05. The third-order valence-corrected chi connectivity index (χ3v) is 5.18. The molecule has 0 saturated heterocycles. The van der Waals surface area contributed by atoms with Gasteiger partial charge in [0.05, 0.1) is 18.2 Å². The molecule has 0 atom stereocenters. The van der Waals surface area contributed by atoms with E-state index in [1.807, 2.05) is 26.0 Å². The fraction of sp³-hybridized carbons (Fsp3) is 0.100. The Morgan fingerprint density at radius 3 is 2.37 bits per heavy atom. The number of nitrogens with zero attached hydrogens (tertiary/aromatic N) is 4. The molecule has 0 bridgehead atoms. The van der Waals surface area contributed by atoms with Gasteiger partial charge in [0.25, 0.3) is 0 Å². The molecule has 0 fully saturated rings. The normalized spacial score (nSPS) is 10.1. The number of benzene rings is 2. The van der Waals surface area contributed by atoms with Crippen LogP contribution in [0.25, 0.3) is 4.85 Å². The Bertz CT molecular complexity index is 1060. The summed E-state index contributed by atoms with van der Waals surface area (Å²) in [6.45, 7) is 10.9. The molecule has 0 amide bonds. The summed E-state index contributed by atoms with van der Waals surface area (Å²) in [6, 6.07) is 14.6. The lowest BCUT2D eigenvalue weighted by Crippen LogP contribution is -1.98. The molecular weight excluding hydrogens is 378 g/mol. The number of hydrogen-bond acceptors (Lipinski definition) is 5. The second-order valence-corrected chi connectivity index (χ2v) is 7.21. The summed E-state index contributed by atoms with van der Waals surface area (Å²) < 4.78 is 0. The van der Waals surface area contributed by atoms with Gasteiger partial charge in [0.1, 0.15) is 10.2 Å². The van der Waals surface area contributed by atoms with Crippen LogP contribution in [0.15, 0.2) is 52.4 Å². The number of nitriles is 1. The van der Waals surface area contributed by atoms with Gasteiger partial charge in [-0.3, -0.25) is 0 Å². The number of aryl methyl sites for hydroxylation is 2. The van der Waals surface area contributed by atoms with E-state index in [0.29, 0.717) is 27.4 Å². The lowest BCUT2D eigenvalue weighted by Gasteiger charge is -2.11. The van der Waals surface area contributed by atoms with E-state index in [-0.39, 0.29) is 0 Å². The molecule has 1 heterocycles. The highest BCUT2D eigenvalue weighted by molar-refractivity contribution is 7.99. The van der Waals surface area contributed by atoms with Gasteiger partial charge in [-0.15, -0.1) is 0 Å². The molecule has 7 heteroatoms. The molecule has 132 valence electrons. The Balaban J connectivity index is 1.88. The van der Waals surface area contributed by atoms with Crippen molar-refractivity contribution in [3.8, 4) is 6.07 Å². The van der Waals surface area contributed by atoms with Crippen LogP contribution in [0, 0.1) is 31.8 Å². The van der Waals surface area contributed by atoms with Crippen molar-refractivity contribution < 1.29 is 0 Å². The third-order valence-electron chi connectivity index (χ3n) is 3.72. The van der Waals surface area contributed by atoms with Crippen LogP contribution in [0.5, 0.6) is 0 Å². The van der Waals surface area contributed by atoms with Gasteiger partial charge >= 0.3 is 0 Å². The average Bonchev–Trinajstić information content (AvgIpc) is 2.64. The predicted octanol–water partition coefficient (Wildman–Crippen LogP) is 6.06. The first kappa shape index (κ1) is 18.7. The third kappa shape index (κ3) is 4.57. The van der Waals surface area contributed by atoms with E-state index in [9.17, 15) is 0 Å². The summed E-state index contributed by atoms with van der Waals surface area (Å²) in [4.78, 5) is 13.1. The molecule has 0 radical (unpaired) electrons. The molecule has 3 aromatic rings. The van der Waals surface area contributed by atoms with Gasteiger partial charge in [0.2, 0.25) is 5.95 Å². The first-order valence-electron chi connectivity index (χ1n) is 7.97. The summed E-state index contributed by atoms with van der Waals surface area (Å²) in [6.07, 6.45) is 0. The van der Waals surface area contributed by atoms with Crippen LogP contribution in [-0.2, 0) is 0 Å². The van der Waals surface area contributed by atoms with E-state index in [2.05, 4.69) is 26.2 Å². The topological polar surface area (TPSA) is 66.0 Å². The summed E-state index contributed by atoms with van der Waals surface area (Å²) in [7, 11) is 0. The fourth-order valence-corrected chi connectivity index (χ4v) is 3.73. The quantitative estimate of drug-likeness (QED) is 0.432. The Kier molecular flexibility index (Phi) is 5.61.